The highest BCUT2D eigenvalue weighted by atomic mass is 35.5. The highest BCUT2D eigenvalue weighted by molar-refractivity contribution is 5.85. The Labute approximate surface area is 56.6 Å². The molecule has 0 aliphatic heterocycles. The van der Waals surface area contributed by atoms with Gasteiger partial charge in [-0.25, -0.2) is 13.6 Å². The Morgan fingerprint density at radius 3 is 2.22 bits per heavy atom. The van der Waals surface area contributed by atoms with Crippen LogP contribution < -0.4 is 5.73 Å². The largest absolute Gasteiger partial charge is 0.444 e. The van der Waals surface area contributed by atoms with Crippen LogP contribution >= 0.6 is 12.4 Å². The van der Waals surface area contributed by atoms with Gasteiger partial charge in [-0.05, 0) is 0 Å². The number of ether oxygens (including phenoxy) is 1. The molecule has 0 aromatic rings. The third-order valence-electron chi connectivity index (χ3n) is 0.352. The second kappa shape index (κ2) is 5.55. The van der Waals surface area contributed by atoms with E-state index in [4.69, 9.17) is 0 Å². The number of carbonyl (C=O) groups is 1. The van der Waals surface area contributed by atoms with Gasteiger partial charge < -0.3 is 10.5 Å². The van der Waals surface area contributed by atoms with Gasteiger partial charge >= 0.3 is 6.09 Å². The van der Waals surface area contributed by atoms with Crippen LogP contribution in [0.5, 0.6) is 0 Å². The van der Waals surface area contributed by atoms with Gasteiger partial charge in [0.25, 0.3) is 6.43 Å². The molecule has 0 saturated carbocycles. The van der Waals surface area contributed by atoms with Gasteiger partial charge in [-0.1, -0.05) is 0 Å². The summed E-state index contributed by atoms with van der Waals surface area (Å²) in [5.41, 5.74) is 4.35. The summed E-state index contributed by atoms with van der Waals surface area (Å²) in [7, 11) is 0. The van der Waals surface area contributed by atoms with Crippen molar-refractivity contribution in [1.29, 1.82) is 0 Å². The molecule has 2 N–H and O–H groups in total. The maximum absolute atomic E-state index is 11.1. The van der Waals surface area contributed by atoms with E-state index in [1.165, 1.54) is 0 Å². The highest BCUT2D eigenvalue weighted by Crippen LogP contribution is 1.90. The summed E-state index contributed by atoms with van der Waals surface area (Å²) >= 11 is 0. The van der Waals surface area contributed by atoms with Crippen LogP contribution in [0.3, 0.4) is 0 Å². The van der Waals surface area contributed by atoms with Crippen LogP contribution in [-0.4, -0.2) is 19.1 Å². The Morgan fingerprint density at radius 2 is 2.11 bits per heavy atom. The first-order valence-electron chi connectivity index (χ1n) is 1.83. The van der Waals surface area contributed by atoms with Crippen molar-refractivity contribution < 1.29 is 18.3 Å². The molecule has 0 aromatic heterocycles. The highest BCUT2D eigenvalue weighted by Gasteiger charge is 2.03. The molecule has 0 heterocycles. The average Bonchev–Trinajstić information content (AvgIpc) is 1.61. The zero-order valence-electron chi connectivity index (χ0n) is 4.34. The van der Waals surface area contributed by atoms with E-state index in [1.807, 2.05) is 0 Å². The van der Waals surface area contributed by atoms with Crippen LogP contribution in [0.15, 0.2) is 0 Å². The molecule has 56 valence electrons. The van der Waals surface area contributed by atoms with Crippen molar-refractivity contribution in [2.75, 3.05) is 6.61 Å². The van der Waals surface area contributed by atoms with Gasteiger partial charge in [0.2, 0.25) is 0 Å². The lowest BCUT2D eigenvalue weighted by atomic mass is 10.8. The van der Waals surface area contributed by atoms with Crippen molar-refractivity contribution in [2.45, 2.75) is 6.43 Å². The van der Waals surface area contributed by atoms with Gasteiger partial charge in [0.05, 0.1) is 0 Å². The standard InChI is InChI=1S/C3H5F2NO2.ClH/c4-2(5)1-8-3(6)7;/h2H,1H2,(H2,6,7);1H. The first-order valence-corrected chi connectivity index (χ1v) is 1.83. The number of rotatable bonds is 2. The van der Waals surface area contributed by atoms with Crippen LogP contribution in [0.25, 0.3) is 0 Å². The molecule has 0 aliphatic carbocycles. The Hall–Kier alpha value is -0.580. The molecule has 0 radical (unpaired) electrons. The summed E-state index contributed by atoms with van der Waals surface area (Å²) in [5.74, 6) is 0. The lowest BCUT2D eigenvalue weighted by molar-refractivity contribution is 0.0528. The predicted octanol–water partition coefficient (Wildman–Crippen LogP) is 0.769. The summed E-state index contributed by atoms with van der Waals surface area (Å²) in [6.07, 6.45) is -3.81. The Bertz CT molecular complexity index is 89.9. The second-order valence-electron chi connectivity index (χ2n) is 1.02. The summed E-state index contributed by atoms with van der Waals surface area (Å²) in [5, 5.41) is 0. The van der Waals surface area contributed by atoms with Crippen LogP contribution in [0.4, 0.5) is 13.6 Å². The normalized spacial score (nSPS) is 8.33. The Balaban J connectivity index is 0. The van der Waals surface area contributed by atoms with Gasteiger partial charge in [-0.2, -0.15) is 0 Å². The number of hydrogen-bond donors (Lipinski definition) is 1. The SMILES string of the molecule is Cl.NC(=O)OCC(F)F. The first-order chi connectivity index (χ1) is 3.63. The van der Waals surface area contributed by atoms with Crippen LogP contribution in [-0.2, 0) is 4.74 Å². The summed E-state index contributed by atoms with van der Waals surface area (Å²) in [6, 6.07) is 0. The van der Waals surface area contributed by atoms with Crippen molar-refractivity contribution in [3.63, 3.8) is 0 Å². The maximum atomic E-state index is 11.1. The van der Waals surface area contributed by atoms with Gasteiger partial charge in [0, 0.05) is 0 Å². The van der Waals surface area contributed by atoms with Crippen molar-refractivity contribution in [3.8, 4) is 0 Å². The molecule has 6 heteroatoms. The maximum Gasteiger partial charge on any atom is 0.404 e. The second-order valence-corrected chi connectivity index (χ2v) is 1.02. The number of alkyl halides is 2. The first kappa shape index (κ1) is 11.2. The van der Waals surface area contributed by atoms with Crippen molar-refractivity contribution in [2.24, 2.45) is 5.73 Å². The molecule has 3 nitrogen and oxygen atoms in total. The molecule has 0 saturated heterocycles. The van der Waals surface area contributed by atoms with E-state index >= 15 is 0 Å². The lowest BCUT2D eigenvalue weighted by Gasteiger charge is -1.96. The number of nitrogens with two attached hydrogens (primary N) is 1. The van der Waals surface area contributed by atoms with Crippen molar-refractivity contribution in [3.05, 3.63) is 0 Å². The predicted molar refractivity (Wildman–Crippen MR) is 28.8 cm³/mol. The van der Waals surface area contributed by atoms with E-state index in [0.717, 1.165) is 0 Å². The molecule has 9 heavy (non-hydrogen) atoms. The molecule has 0 aliphatic rings. The van der Waals surface area contributed by atoms with Gasteiger partial charge in [0.15, 0.2) is 6.61 Å². The van der Waals surface area contributed by atoms with Gasteiger partial charge in [-0.15, -0.1) is 12.4 Å². The smallest absolute Gasteiger partial charge is 0.404 e. The van der Waals surface area contributed by atoms with Gasteiger partial charge in [-0.3, -0.25) is 0 Å². The number of hydrogen-bond acceptors (Lipinski definition) is 2. The molecular formula is C3H6ClF2NO2. The third-order valence-corrected chi connectivity index (χ3v) is 0.352. The van der Waals surface area contributed by atoms with E-state index in [0.29, 0.717) is 0 Å². The molecule has 0 bridgehead atoms. The fourth-order valence-electron chi connectivity index (χ4n) is 0.145. The van der Waals surface area contributed by atoms with Gasteiger partial charge in [0.1, 0.15) is 0 Å². The Kier molecular flexibility index (Phi) is 6.94. The molecule has 0 rings (SSSR count). The number of amides is 1. The van der Waals surface area contributed by atoms with E-state index in [-0.39, 0.29) is 12.4 Å². The minimum absolute atomic E-state index is 0. The van der Waals surface area contributed by atoms with E-state index < -0.39 is 19.1 Å². The molecule has 0 aromatic carbocycles. The van der Waals surface area contributed by atoms with E-state index in [9.17, 15) is 13.6 Å². The monoisotopic (exact) mass is 161 g/mol. The average molecular weight is 162 g/mol. The lowest BCUT2D eigenvalue weighted by Crippen LogP contribution is -2.17. The molecule has 0 unspecified atom stereocenters. The quantitative estimate of drug-likeness (QED) is 0.650. The summed E-state index contributed by atoms with van der Waals surface area (Å²) in [4.78, 5) is 9.57. The summed E-state index contributed by atoms with van der Waals surface area (Å²) in [6.45, 7) is -0.921. The molecule has 0 atom stereocenters. The van der Waals surface area contributed by atoms with Crippen LogP contribution in [0, 0.1) is 0 Å². The number of primary amides is 1. The van der Waals surface area contributed by atoms with Crippen LogP contribution in [0.1, 0.15) is 0 Å². The van der Waals surface area contributed by atoms with Crippen molar-refractivity contribution >= 4 is 18.5 Å². The minimum atomic E-state index is -2.64. The topological polar surface area (TPSA) is 52.3 Å². The zero-order valence-corrected chi connectivity index (χ0v) is 5.16. The fraction of sp³-hybridized carbons (Fsp3) is 0.667. The number of halogens is 3. The zero-order chi connectivity index (χ0) is 6.57. The fourth-order valence-corrected chi connectivity index (χ4v) is 0.145. The molecule has 0 spiro atoms. The Morgan fingerprint density at radius 1 is 1.67 bits per heavy atom. The number of carbonyl (C=O) groups excluding carboxylic acids is 1. The molecule has 0 fully saturated rings. The third kappa shape index (κ3) is 11.2. The molecule has 1 amide bonds. The van der Waals surface area contributed by atoms with Crippen LogP contribution in [0.2, 0.25) is 0 Å². The van der Waals surface area contributed by atoms with E-state index in [1.54, 1.807) is 0 Å². The van der Waals surface area contributed by atoms with E-state index in [2.05, 4.69) is 10.5 Å². The van der Waals surface area contributed by atoms with Crippen molar-refractivity contribution in [1.82, 2.24) is 0 Å². The molecular weight excluding hydrogens is 155 g/mol. The minimum Gasteiger partial charge on any atom is -0.444 e. The summed E-state index contributed by atoms with van der Waals surface area (Å²) < 4.78 is 25.8.